The first-order chi connectivity index (χ1) is 10.1. The van der Waals surface area contributed by atoms with E-state index in [2.05, 4.69) is 11.4 Å². The smallest absolute Gasteiger partial charge is 0.271 e. The van der Waals surface area contributed by atoms with Gasteiger partial charge in [0.05, 0.1) is 22.8 Å². The van der Waals surface area contributed by atoms with Crippen LogP contribution in [0.4, 0.5) is 17.1 Å². The van der Waals surface area contributed by atoms with E-state index in [4.69, 9.17) is 10.5 Å². The molecule has 6 nitrogen and oxygen atoms in total. The Hall–Kier alpha value is -2.76. The van der Waals surface area contributed by atoms with Crippen LogP contribution in [0, 0.1) is 10.1 Å². The van der Waals surface area contributed by atoms with Gasteiger partial charge in [-0.15, -0.1) is 0 Å². The number of nitro benzene ring substituents is 1. The van der Waals surface area contributed by atoms with Crippen LogP contribution in [-0.4, -0.2) is 17.6 Å². The molecule has 3 rings (SSSR count). The summed E-state index contributed by atoms with van der Waals surface area (Å²) >= 11 is 0. The van der Waals surface area contributed by atoms with Crippen LogP contribution in [-0.2, 0) is 6.42 Å². The van der Waals surface area contributed by atoms with Crippen LogP contribution < -0.4 is 15.8 Å². The van der Waals surface area contributed by atoms with Crippen molar-refractivity contribution >= 4 is 17.1 Å². The number of hydrogen-bond acceptors (Lipinski definition) is 5. The van der Waals surface area contributed by atoms with E-state index < -0.39 is 4.92 Å². The number of nitrogens with one attached hydrogen (secondary N) is 1. The Morgan fingerprint density at radius 3 is 2.86 bits per heavy atom. The largest absolute Gasteiger partial charge is 0.488 e. The normalized spacial score (nSPS) is 16.1. The van der Waals surface area contributed by atoms with E-state index in [0.29, 0.717) is 17.9 Å². The average molecular weight is 285 g/mol. The molecule has 0 aromatic heterocycles. The number of nitrogen functional groups attached to an aromatic ring is 1. The maximum atomic E-state index is 10.7. The minimum Gasteiger partial charge on any atom is -0.488 e. The number of para-hydroxylation sites is 1. The van der Waals surface area contributed by atoms with Crippen molar-refractivity contribution in [1.29, 1.82) is 0 Å². The first kappa shape index (κ1) is 13.2. The quantitative estimate of drug-likeness (QED) is 0.512. The molecule has 1 aliphatic rings. The van der Waals surface area contributed by atoms with Crippen molar-refractivity contribution in [3.8, 4) is 5.75 Å². The molecule has 1 unspecified atom stereocenters. The number of non-ortho nitro benzene ring substituents is 1. The molecule has 0 amide bonds. The second kappa shape index (κ2) is 5.32. The second-order valence-corrected chi connectivity index (χ2v) is 4.96. The summed E-state index contributed by atoms with van der Waals surface area (Å²) in [4.78, 5) is 10.2. The number of nitro groups is 1. The number of nitrogens with two attached hydrogens (primary N) is 1. The summed E-state index contributed by atoms with van der Waals surface area (Å²) in [6.07, 6.45) is 0.882. The van der Waals surface area contributed by atoms with Crippen LogP contribution in [0.3, 0.4) is 0 Å². The van der Waals surface area contributed by atoms with E-state index in [-0.39, 0.29) is 11.8 Å². The lowest BCUT2D eigenvalue weighted by Crippen LogP contribution is -2.24. The number of hydrogen-bond donors (Lipinski definition) is 2. The summed E-state index contributed by atoms with van der Waals surface area (Å²) in [6, 6.07) is 12.4. The highest BCUT2D eigenvalue weighted by Crippen LogP contribution is 2.29. The van der Waals surface area contributed by atoms with Gasteiger partial charge in [0.15, 0.2) is 0 Å². The van der Waals surface area contributed by atoms with Gasteiger partial charge >= 0.3 is 0 Å². The third-order valence-electron chi connectivity index (χ3n) is 3.48. The summed E-state index contributed by atoms with van der Waals surface area (Å²) < 4.78 is 5.82. The van der Waals surface area contributed by atoms with Crippen molar-refractivity contribution in [2.75, 3.05) is 17.6 Å². The Kier molecular flexibility index (Phi) is 3.35. The Morgan fingerprint density at radius 2 is 2.14 bits per heavy atom. The van der Waals surface area contributed by atoms with Crippen molar-refractivity contribution in [2.24, 2.45) is 0 Å². The maximum absolute atomic E-state index is 10.7. The van der Waals surface area contributed by atoms with E-state index in [1.54, 1.807) is 6.07 Å². The second-order valence-electron chi connectivity index (χ2n) is 4.96. The number of nitrogens with zero attached hydrogens (tertiary/aromatic N) is 1. The molecule has 0 fully saturated rings. The van der Waals surface area contributed by atoms with Crippen LogP contribution in [0.5, 0.6) is 5.75 Å². The van der Waals surface area contributed by atoms with Crippen molar-refractivity contribution < 1.29 is 9.66 Å². The zero-order valence-electron chi connectivity index (χ0n) is 11.3. The Balaban J connectivity index is 1.63. The van der Waals surface area contributed by atoms with Crippen molar-refractivity contribution in [3.63, 3.8) is 0 Å². The van der Waals surface area contributed by atoms with Gasteiger partial charge in [-0.05, 0) is 17.7 Å². The molecular weight excluding hydrogens is 270 g/mol. The van der Waals surface area contributed by atoms with Crippen molar-refractivity contribution in [1.82, 2.24) is 0 Å². The highest BCUT2D eigenvalue weighted by Gasteiger charge is 2.22. The predicted octanol–water partition coefficient (Wildman–Crippen LogP) is 2.59. The van der Waals surface area contributed by atoms with Gasteiger partial charge in [-0.25, -0.2) is 0 Å². The molecule has 1 aliphatic heterocycles. The predicted molar refractivity (Wildman–Crippen MR) is 80.6 cm³/mol. The van der Waals surface area contributed by atoms with Gasteiger partial charge in [0.25, 0.3) is 5.69 Å². The zero-order valence-corrected chi connectivity index (χ0v) is 11.3. The van der Waals surface area contributed by atoms with E-state index in [9.17, 15) is 10.1 Å². The fraction of sp³-hybridized carbons (Fsp3) is 0.200. The van der Waals surface area contributed by atoms with Crippen LogP contribution in [0.15, 0.2) is 42.5 Å². The molecule has 2 aromatic rings. The van der Waals surface area contributed by atoms with E-state index in [1.165, 1.54) is 17.7 Å². The number of fused-ring (bicyclic) bond motifs is 1. The molecule has 3 N–H and O–H groups in total. The topological polar surface area (TPSA) is 90.4 Å². The van der Waals surface area contributed by atoms with Gasteiger partial charge in [0.2, 0.25) is 0 Å². The van der Waals surface area contributed by atoms with Crippen LogP contribution in [0.1, 0.15) is 5.56 Å². The average Bonchev–Trinajstić information content (AvgIpc) is 2.88. The molecule has 0 spiro atoms. The Bertz CT molecular complexity index is 663. The first-order valence-electron chi connectivity index (χ1n) is 6.66. The number of anilines is 2. The molecule has 0 radical (unpaired) electrons. The summed E-state index contributed by atoms with van der Waals surface area (Å²) in [7, 11) is 0. The lowest BCUT2D eigenvalue weighted by molar-refractivity contribution is -0.384. The third-order valence-corrected chi connectivity index (χ3v) is 3.48. The monoisotopic (exact) mass is 285 g/mol. The SMILES string of the molecule is Nc1cc([N+](=O)[O-])ccc1NCC1Cc2ccccc2O1. The van der Waals surface area contributed by atoms with Crippen molar-refractivity contribution in [2.45, 2.75) is 12.5 Å². The van der Waals surface area contributed by atoms with Gasteiger partial charge in [-0.2, -0.15) is 0 Å². The van der Waals surface area contributed by atoms with Crippen molar-refractivity contribution in [3.05, 3.63) is 58.1 Å². The molecule has 0 saturated carbocycles. The summed E-state index contributed by atoms with van der Waals surface area (Å²) in [5.41, 5.74) is 8.05. The fourth-order valence-electron chi connectivity index (χ4n) is 2.42. The summed E-state index contributed by atoms with van der Waals surface area (Å²) in [5.74, 6) is 0.918. The maximum Gasteiger partial charge on any atom is 0.271 e. The van der Waals surface area contributed by atoms with Gasteiger partial charge < -0.3 is 15.8 Å². The molecule has 1 heterocycles. The molecule has 0 bridgehead atoms. The molecule has 0 aliphatic carbocycles. The lowest BCUT2D eigenvalue weighted by atomic mass is 10.1. The number of benzene rings is 2. The Labute approximate surface area is 121 Å². The number of rotatable bonds is 4. The van der Waals surface area contributed by atoms with Crippen LogP contribution >= 0.6 is 0 Å². The molecule has 6 heteroatoms. The Morgan fingerprint density at radius 1 is 1.33 bits per heavy atom. The fourth-order valence-corrected chi connectivity index (χ4v) is 2.42. The highest BCUT2D eigenvalue weighted by molar-refractivity contribution is 5.69. The molecule has 2 aromatic carbocycles. The number of ether oxygens (including phenoxy) is 1. The minimum absolute atomic E-state index is 0.0115. The molecule has 21 heavy (non-hydrogen) atoms. The van der Waals surface area contributed by atoms with E-state index >= 15 is 0 Å². The van der Waals surface area contributed by atoms with E-state index in [1.807, 2.05) is 18.2 Å². The molecule has 1 atom stereocenters. The summed E-state index contributed by atoms with van der Waals surface area (Å²) in [6.45, 7) is 0.594. The third kappa shape index (κ3) is 2.74. The van der Waals surface area contributed by atoms with Gasteiger partial charge in [-0.3, -0.25) is 10.1 Å². The van der Waals surface area contributed by atoms with Gasteiger partial charge in [-0.1, -0.05) is 18.2 Å². The van der Waals surface area contributed by atoms with Crippen LogP contribution in [0.25, 0.3) is 0 Å². The molecule has 108 valence electrons. The summed E-state index contributed by atoms with van der Waals surface area (Å²) in [5, 5.41) is 13.9. The van der Waals surface area contributed by atoms with Gasteiger partial charge in [0, 0.05) is 18.6 Å². The highest BCUT2D eigenvalue weighted by atomic mass is 16.6. The standard InChI is InChI=1S/C15H15N3O3/c16-13-8-11(18(19)20)5-6-14(13)17-9-12-7-10-3-1-2-4-15(10)21-12/h1-6,8,12,17H,7,9,16H2. The first-order valence-corrected chi connectivity index (χ1v) is 6.66. The zero-order chi connectivity index (χ0) is 14.8. The lowest BCUT2D eigenvalue weighted by Gasteiger charge is -2.14. The molecule has 0 saturated heterocycles. The molecular formula is C15H15N3O3. The van der Waals surface area contributed by atoms with Gasteiger partial charge in [0.1, 0.15) is 11.9 Å². The van der Waals surface area contributed by atoms with E-state index in [0.717, 1.165) is 12.2 Å². The minimum atomic E-state index is -0.461. The van der Waals surface area contributed by atoms with Crippen LogP contribution in [0.2, 0.25) is 0 Å².